The van der Waals surface area contributed by atoms with Gasteiger partial charge in [0.05, 0.1) is 0 Å². The average molecular weight is 104 g/mol. The third-order valence-corrected chi connectivity index (χ3v) is 1.17. The Morgan fingerprint density at radius 2 is 2.12 bits per heavy atom. The zero-order chi connectivity index (χ0) is 5.98. The minimum Gasteiger partial charge on any atom is -0.0887 e. The van der Waals surface area contributed by atoms with Crippen molar-refractivity contribution in [2.24, 2.45) is 0 Å². The van der Waals surface area contributed by atoms with Crippen molar-refractivity contribution < 1.29 is 0 Å². The molecule has 1 aromatic rings. The van der Waals surface area contributed by atoms with E-state index in [1.165, 1.54) is 11.0 Å². The van der Waals surface area contributed by atoms with E-state index in [1.54, 1.807) is 0 Å². The summed E-state index contributed by atoms with van der Waals surface area (Å²) in [6, 6.07) is 8.45. The molecule has 40 valence electrons. The molecule has 0 aliphatic rings. The molecule has 0 aliphatic carbocycles. The van der Waals surface area contributed by atoms with E-state index in [2.05, 4.69) is 39.0 Å². The number of aryl methyl sites for hydroxylation is 1. The van der Waals surface area contributed by atoms with Crippen LogP contribution in [-0.4, -0.2) is 7.85 Å². The van der Waals surface area contributed by atoms with E-state index in [0.717, 1.165) is 0 Å². The van der Waals surface area contributed by atoms with Crippen molar-refractivity contribution >= 4 is 13.3 Å². The third kappa shape index (κ3) is 1.13. The van der Waals surface area contributed by atoms with E-state index >= 15 is 0 Å². The highest BCUT2D eigenvalue weighted by molar-refractivity contribution is 6.32. The molecule has 0 aliphatic heterocycles. The lowest BCUT2D eigenvalue weighted by Gasteiger charge is -1.90. The molecule has 0 radical (unpaired) electrons. The fourth-order valence-electron chi connectivity index (χ4n) is 0.807. The largest absolute Gasteiger partial charge is 0.139 e. The maximum atomic E-state index is 2.17. The normalized spacial score (nSPS) is 9.12. The Balaban J connectivity index is 3.08. The van der Waals surface area contributed by atoms with Gasteiger partial charge < -0.3 is 0 Å². The van der Waals surface area contributed by atoms with Gasteiger partial charge in [-0.15, -0.1) is 0 Å². The van der Waals surface area contributed by atoms with Gasteiger partial charge in [0.15, 0.2) is 0 Å². The van der Waals surface area contributed by atoms with Crippen LogP contribution in [0.4, 0.5) is 0 Å². The van der Waals surface area contributed by atoms with Crippen molar-refractivity contribution in [2.75, 3.05) is 0 Å². The van der Waals surface area contributed by atoms with E-state index in [-0.39, 0.29) is 0 Å². The Hall–Kier alpha value is -0.715. The molecule has 0 atom stereocenters. The molecule has 1 aromatic carbocycles. The minimum absolute atomic E-state index is 1.34. The molecule has 0 saturated carbocycles. The van der Waals surface area contributed by atoms with Crippen LogP contribution in [-0.2, 0) is 0 Å². The monoisotopic (exact) mass is 104 g/mol. The summed E-state index contributed by atoms with van der Waals surface area (Å²) in [7, 11) is 2.10. The standard InChI is InChI=1S/C7H9B/c1-6-3-2-4-7(8)5-6/h2-5H,8H2,1H3. The van der Waals surface area contributed by atoms with E-state index in [1.807, 2.05) is 0 Å². The molecule has 0 bridgehead atoms. The van der Waals surface area contributed by atoms with Crippen LogP contribution in [0, 0.1) is 6.92 Å². The molecular formula is C7H9B. The summed E-state index contributed by atoms with van der Waals surface area (Å²) < 4.78 is 0. The van der Waals surface area contributed by atoms with Crippen LogP contribution in [0.3, 0.4) is 0 Å². The first-order valence-electron chi connectivity index (χ1n) is 2.82. The lowest BCUT2D eigenvalue weighted by atomic mass is 9.95. The maximum Gasteiger partial charge on any atom is 0.139 e. The molecule has 0 fully saturated rings. The first kappa shape index (κ1) is 5.42. The molecule has 0 unspecified atom stereocenters. The van der Waals surface area contributed by atoms with Crippen LogP contribution < -0.4 is 5.46 Å². The van der Waals surface area contributed by atoms with Crippen molar-refractivity contribution in [2.45, 2.75) is 6.92 Å². The highest BCUT2D eigenvalue weighted by atomic mass is 13.8. The van der Waals surface area contributed by atoms with E-state index < -0.39 is 0 Å². The molecule has 0 nitrogen and oxygen atoms in total. The summed E-state index contributed by atoms with van der Waals surface area (Å²) >= 11 is 0. The van der Waals surface area contributed by atoms with Gasteiger partial charge in [-0.3, -0.25) is 0 Å². The summed E-state index contributed by atoms with van der Waals surface area (Å²) in [4.78, 5) is 0. The van der Waals surface area contributed by atoms with Gasteiger partial charge in [0, 0.05) is 0 Å². The molecule has 0 heterocycles. The molecule has 0 saturated heterocycles. The molecule has 8 heavy (non-hydrogen) atoms. The van der Waals surface area contributed by atoms with Crippen LogP contribution >= 0.6 is 0 Å². The summed E-state index contributed by atoms with van der Waals surface area (Å²) in [6.45, 7) is 2.10. The molecular weight excluding hydrogens is 94.9 g/mol. The van der Waals surface area contributed by atoms with Gasteiger partial charge >= 0.3 is 0 Å². The second-order valence-electron chi connectivity index (χ2n) is 2.16. The topological polar surface area (TPSA) is 0 Å². The van der Waals surface area contributed by atoms with Crippen LogP contribution in [0.1, 0.15) is 5.56 Å². The number of rotatable bonds is 0. The van der Waals surface area contributed by atoms with Crippen LogP contribution in [0.15, 0.2) is 24.3 Å². The summed E-state index contributed by atoms with van der Waals surface area (Å²) in [6.07, 6.45) is 0. The van der Waals surface area contributed by atoms with Crippen LogP contribution in [0.2, 0.25) is 0 Å². The fraction of sp³-hybridized carbons (Fsp3) is 0.143. The molecule has 0 N–H and O–H groups in total. The zero-order valence-electron chi connectivity index (χ0n) is 5.31. The van der Waals surface area contributed by atoms with Crippen LogP contribution in [0.25, 0.3) is 0 Å². The first-order valence-corrected chi connectivity index (χ1v) is 2.82. The Morgan fingerprint density at radius 1 is 1.38 bits per heavy atom. The second-order valence-corrected chi connectivity index (χ2v) is 2.16. The zero-order valence-corrected chi connectivity index (χ0v) is 5.31. The highest BCUT2D eigenvalue weighted by Gasteiger charge is 1.80. The van der Waals surface area contributed by atoms with Crippen molar-refractivity contribution in [3.8, 4) is 0 Å². The van der Waals surface area contributed by atoms with Gasteiger partial charge in [-0.25, -0.2) is 0 Å². The third-order valence-electron chi connectivity index (χ3n) is 1.17. The lowest BCUT2D eigenvalue weighted by molar-refractivity contribution is 1.50. The van der Waals surface area contributed by atoms with Gasteiger partial charge in [-0.05, 0) is 6.92 Å². The van der Waals surface area contributed by atoms with Gasteiger partial charge in [-0.1, -0.05) is 35.3 Å². The minimum atomic E-state index is 1.34. The van der Waals surface area contributed by atoms with Crippen molar-refractivity contribution in [3.63, 3.8) is 0 Å². The Labute approximate surface area is 50.9 Å². The molecule has 1 rings (SSSR count). The van der Waals surface area contributed by atoms with Crippen LogP contribution in [0.5, 0.6) is 0 Å². The van der Waals surface area contributed by atoms with Gasteiger partial charge in [-0.2, -0.15) is 0 Å². The summed E-state index contributed by atoms with van der Waals surface area (Å²) in [5.41, 5.74) is 2.68. The highest BCUT2D eigenvalue weighted by Crippen LogP contribution is 1.89. The van der Waals surface area contributed by atoms with Crippen molar-refractivity contribution in [1.82, 2.24) is 0 Å². The van der Waals surface area contributed by atoms with Gasteiger partial charge in [0.1, 0.15) is 7.85 Å². The quantitative estimate of drug-likeness (QED) is 0.414. The Kier molecular flexibility index (Phi) is 1.38. The van der Waals surface area contributed by atoms with E-state index in [4.69, 9.17) is 0 Å². The molecule has 0 aromatic heterocycles. The molecule has 1 heteroatoms. The maximum absolute atomic E-state index is 2.17. The molecule has 0 spiro atoms. The lowest BCUT2D eigenvalue weighted by Crippen LogP contribution is -1.99. The summed E-state index contributed by atoms with van der Waals surface area (Å²) in [5, 5.41) is 0. The predicted molar refractivity (Wildman–Crippen MR) is 39.4 cm³/mol. The Morgan fingerprint density at radius 3 is 2.50 bits per heavy atom. The SMILES string of the molecule is Bc1cccc(C)c1. The fourth-order valence-corrected chi connectivity index (χ4v) is 0.807. The first-order chi connectivity index (χ1) is 3.79. The van der Waals surface area contributed by atoms with Crippen molar-refractivity contribution in [3.05, 3.63) is 29.8 Å². The Bertz CT molecular complexity index is 164. The number of benzene rings is 1. The van der Waals surface area contributed by atoms with Gasteiger partial charge in [0.2, 0.25) is 0 Å². The van der Waals surface area contributed by atoms with E-state index in [9.17, 15) is 0 Å². The molecule has 0 amide bonds. The van der Waals surface area contributed by atoms with Crippen molar-refractivity contribution in [1.29, 1.82) is 0 Å². The second kappa shape index (κ2) is 2.04. The smallest absolute Gasteiger partial charge is 0.0887 e. The number of hydrogen-bond acceptors (Lipinski definition) is 0. The van der Waals surface area contributed by atoms with E-state index in [0.29, 0.717) is 0 Å². The number of hydrogen-bond donors (Lipinski definition) is 0. The predicted octanol–water partition coefficient (Wildman–Crippen LogP) is 0.253. The van der Waals surface area contributed by atoms with Gasteiger partial charge in [0.25, 0.3) is 0 Å². The summed E-state index contributed by atoms with van der Waals surface area (Å²) in [5.74, 6) is 0. The average Bonchev–Trinajstić information content (AvgIpc) is 1.64.